The molecule has 1 atom stereocenters. The molecule has 0 aromatic heterocycles. The van der Waals surface area contributed by atoms with Crippen molar-refractivity contribution in [1.82, 2.24) is 0 Å². The summed E-state index contributed by atoms with van der Waals surface area (Å²) < 4.78 is 29.2. The van der Waals surface area contributed by atoms with E-state index in [1.54, 1.807) is 24.3 Å². The minimum absolute atomic E-state index is 0.234. The summed E-state index contributed by atoms with van der Waals surface area (Å²) in [6, 6.07) is 6.75. The van der Waals surface area contributed by atoms with Gasteiger partial charge in [-0.15, -0.1) is 0 Å². The number of rotatable bonds is 10. The van der Waals surface area contributed by atoms with E-state index in [4.69, 9.17) is 4.18 Å². The molecule has 3 nitrogen and oxygen atoms in total. The predicted octanol–water partition coefficient (Wildman–Crippen LogP) is 5.25. The van der Waals surface area contributed by atoms with Crippen LogP contribution in [0.1, 0.15) is 58.4 Å². The third-order valence-corrected chi connectivity index (χ3v) is 5.48. The first-order chi connectivity index (χ1) is 10.8. The molecule has 0 amide bonds. The first-order valence-electron chi connectivity index (χ1n) is 8.43. The Morgan fingerprint density at radius 3 is 2.39 bits per heavy atom. The van der Waals surface area contributed by atoms with Crippen molar-refractivity contribution in [2.24, 2.45) is 5.92 Å². The minimum Gasteiger partial charge on any atom is -0.266 e. The van der Waals surface area contributed by atoms with Crippen molar-refractivity contribution in [3.63, 3.8) is 0 Å². The molecule has 0 heterocycles. The van der Waals surface area contributed by atoms with Gasteiger partial charge in [-0.2, -0.15) is 8.42 Å². The van der Waals surface area contributed by atoms with Gasteiger partial charge in [-0.3, -0.25) is 4.18 Å². The minimum atomic E-state index is -3.61. The lowest BCUT2D eigenvalue weighted by molar-refractivity contribution is 0.294. The summed E-state index contributed by atoms with van der Waals surface area (Å²) in [5, 5.41) is 0. The maximum absolute atomic E-state index is 12.0. The summed E-state index contributed by atoms with van der Waals surface area (Å²) in [7, 11) is -3.61. The van der Waals surface area contributed by atoms with Gasteiger partial charge in [0.1, 0.15) is 0 Å². The van der Waals surface area contributed by atoms with Crippen molar-refractivity contribution < 1.29 is 12.6 Å². The van der Waals surface area contributed by atoms with Gasteiger partial charge in [0.25, 0.3) is 10.1 Å². The van der Waals surface area contributed by atoms with E-state index in [-0.39, 0.29) is 11.5 Å². The van der Waals surface area contributed by atoms with Crippen LogP contribution in [0.5, 0.6) is 0 Å². The molecule has 0 N–H and O–H groups in total. The lowest BCUT2D eigenvalue weighted by atomic mass is 9.97. The quantitative estimate of drug-likeness (QED) is 0.332. The molecular formula is C19H30O3S. The number of benzene rings is 1. The van der Waals surface area contributed by atoms with Crippen molar-refractivity contribution >= 4 is 10.1 Å². The van der Waals surface area contributed by atoms with E-state index >= 15 is 0 Å². The average Bonchev–Trinajstić information content (AvgIpc) is 2.52. The zero-order chi connectivity index (χ0) is 17.3. The molecule has 0 saturated carbocycles. The Hall–Kier alpha value is -1.13. The van der Waals surface area contributed by atoms with E-state index in [0.717, 1.165) is 24.8 Å². The van der Waals surface area contributed by atoms with Crippen LogP contribution in [-0.4, -0.2) is 15.0 Å². The summed E-state index contributed by atoms with van der Waals surface area (Å²) in [4.78, 5) is 0.234. The third kappa shape index (κ3) is 7.80. The van der Waals surface area contributed by atoms with Gasteiger partial charge in [-0.1, -0.05) is 42.7 Å². The fourth-order valence-corrected chi connectivity index (χ4v) is 3.33. The molecule has 0 aliphatic carbocycles. The molecule has 0 bridgehead atoms. The lowest BCUT2D eigenvalue weighted by Crippen LogP contribution is -2.08. The van der Waals surface area contributed by atoms with E-state index in [0.29, 0.717) is 5.92 Å². The standard InChI is InChI=1S/C19H30O3S/c1-5-16(2)8-6-9-17(3)10-7-15-22-23(20,21)19-13-11-18(4)12-14-19/h5,11-14,17H,6-10,15H2,1-4H3. The highest BCUT2D eigenvalue weighted by atomic mass is 32.2. The summed E-state index contributed by atoms with van der Waals surface area (Å²) in [5.41, 5.74) is 2.47. The zero-order valence-electron chi connectivity index (χ0n) is 14.8. The highest BCUT2D eigenvalue weighted by molar-refractivity contribution is 7.86. The largest absolute Gasteiger partial charge is 0.296 e. The molecule has 0 aliphatic heterocycles. The first kappa shape index (κ1) is 19.9. The molecule has 0 spiro atoms. The molecule has 0 fully saturated rings. The maximum Gasteiger partial charge on any atom is 0.296 e. The van der Waals surface area contributed by atoms with Crippen LogP contribution in [0.3, 0.4) is 0 Å². The topological polar surface area (TPSA) is 43.4 Å². The maximum atomic E-state index is 12.0. The van der Waals surface area contributed by atoms with Crippen molar-refractivity contribution in [3.05, 3.63) is 41.5 Å². The fourth-order valence-electron chi connectivity index (χ4n) is 2.39. The monoisotopic (exact) mass is 338 g/mol. The van der Waals surface area contributed by atoms with E-state index in [1.807, 2.05) is 6.92 Å². The highest BCUT2D eigenvalue weighted by Crippen LogP contribution is 2.18. The van der Waals surface area contributed by atoms with Gasteiger partial charge in [0.15, 0.2) is 0 Å². The molecule has 1 aromatic carbocycles. The summed E-state index contributed by atoms with van der Waals surface area (Å²) in [5.74, 6) is 0.602. The Bertz CT molecular complexity index is 586. The third-order valence-electron chi connectivity index (χ3n) is 4.15. The van der Waals surface area contributed by atoms with E-state index < -0.39 is 10.1 Å². The molecule has 0 saturated heterocycles. The van der Waals surface area contributed by atoms with Crippen molar-refractivity contribution in [3.8, 4) is 0 Å². The van der Waals surface area contributed by atoms with Gasteiger partial charge < -0.3 is 0 Å². The number of hydrogen-bond acceptors (Lipinski definition) is 3. The van der Waals surface area contributed by atoms with Gasteiger partial charge in [0.2, 0.25) is 0 Å². The van der Waals surface area contributed by atoms with Crippen LogP contribution in [0.15, 0.2) is 40.8 Å². The van der Waals surface area contributed by atoms with Crippen LogP contribution < -0.4 is 0 Å². The van der Waals surface area contributed by atoms with Gasteiger partial charge in [0, 0.05) is 0 Å². The molecule has 1 aromatic rings. The molecule has 0 radical (unpaired) electrons. The second-order valence-electron chi connectivity index (χ2n) is 6.36. The Morgan fingerprint density at radius 1 is 1.17 bits per heavy atom. The summed E-state index contributed by atoms with van der Waals surface area (Å²) >= 11 is 0. The summed E-state index contributed by atoms with van der Waals surface area (Å²) in [6.07, 6.45) is 7.45. The predicted molar refractivity (Wildman–Crippen MR) is 96.0 cm³/mol. The molecule has 1 unspecified atom stereocenters. The van der Waals surface area contributed by atoms with Crippen LogP contribution in [-0.2, 0) is 14.3 Å². The SMILES string of the molecule is CC=C(C)CCCC(C)CCCOS(=O)(=O)c1ccc(C)cc1. The van der Waals surface area contributed by atoms with Crippen LogP contribution in [0.4, 0.5) is 0 Å². The van der Waals surface area contributed by atoms with Gasteiger partial charge in [-0.05, 0) is 64.5 Å². The molecule has 1 rings (SSSR count). The molecule has 130 valence electrons. The number of hydrogen-bond donors (Lipinski definition) is 0. The van der Waals surface area contributed by atoms with Crippen LogP contribution >= 0.6 is 0 Å². The van der Waals surface area contributed by atoms with Gasteiger partial charge in [-0.25, -0.2) is 0 Å². The van der Waals surface area contributed by atoms with Gasteiger partial charge >= 0.3 is 0 Å². The van der Waals surface area contributed by atoms with E-state index in [9.17, 15) is 8.42 Å². The van der Waals surface area contributed by atoms with E-state index in [1.165, 1.54) is 18.4 Å². The summed E-state index contributed by atoms with van der Waals surface area (Å²) in [6.45, 7) is 8.64. The molecule has 23 heavy (non-hydrogen) atoms. The second kappa shape index (κ2) is 9.89. The highest BCUT2D eigenvalue weighted by Gasteiger charge is 2.14. The Kier molecular flexibility index (Phi) is 8.56. The average molecular weight is 339 g/mol. The number of allylic oxidation sites excluding steroid dienone is 2. The fraction of sp³-hybridized carbons (Fsp3) is 0.579. The van der Waals surface area contributed by atoms with Crippen molar-refractivity contribution in [1.29, 1.82) is 0 Å². The Balaban J connectivity index is 2.27. The van der Waals surface area contributed by atoms with Crippen LogP contribution in [0, 0.1) is 12.8 Å². The molecular weight excluding hydrogens is 308 g/mol. The molecule has 4 heteroatoms. The number of aryl methyl sites for hydroxylation is 1. The smallest absolute Gasteiger partial charge is 0.266 e. The Labute approximate surface area is 141 Å². The van der Waals surface area contributed by atoms with Crippen LogP contribution in [0.2, 0.25) is 0 Å². The second-order valence-corrected chi connectivity index (χ2v) is 7.98. The normalized spacial score (nSPS) is 14.0. The van der Waals surface area contributed by atoms with Crippen LogP contribution in [0.25, 0.3) is 0 Å². The Morgan fingerprint density at radius 2 is 1.78 bits per heavy atom. The zero-order valence-corrected chi connectivity index (χ0v) is 15.7. The lowest BCUT2D eigenvalue weighted by Gasteiger charge is -2.11. The van der Waals surface area contributed by atoms with E-state index in [2.05, 4.69) is 26.8 Å². The molecule has 0 aliphatic rings. The van der Waals surface area contributed by atoms with Crippen molar-refractivity contribution in [2.45, 2.75) is 64.7 Å². The van der Waals surface area contributed by atoms with Crippen molar-refractivity contribution in [2.75, 3.05) is 6.61 Å². The first-order valence-corrected chi connectivity index (χ1v) is 9.84. The van der Waals surface area contributed by atoms with Gasteiger partial charge in [0.05, 0.1) is 11.5 Å².